The summed E-state index contributed by atoms with van der Waals surface area (Å²) in [5.74, 6) is 1.83. The fraction of sp³-hybridized carbons (Fsp3) is 0.556. The number of piperazine rings is 1. The van der Waals surface area contributed by atoms with Gasteiger partial charge in [0, 0.05) is 39.6 Å². The highest BCUT2D eigenvalue weighted by Crippen LogP contribution is 2.27. The predicted molar refractivity (Wildman–Crippen MR) is 96.1 cm³/mol. The topological polar surface area (TPSA) is 66.4 Å². The maximum absolute atomic E-state index is 11.8. The molecule has 3 rings (SSSR count). The summed E-state index contributed by atoms with van der Waals surface area (Å²) in [6, 6.07) is 8.16. The van der Waals surface area contributed by atoms with Crippen molar-refractivity contribution in [2.24, 2.45) is 4.99 Å². The van der Waals surface area contributed by atoms with Crippen molar-refractivity contribution < 1.29 is 14.3 Å². The van der Waals surface area contributed by atoms with Crippen LogP contribution in [0.1, 0.15) is 12.5 Å². The third-order valence-corrected chi connectivity index (χ3v) is 4.52. The largest absolute Gasteiger partial charge is 0.488 e. The lowest BCUT2D eigenvalue weighted by Gasteiger charge is -2.36. The molecule has 1 aromatic rings. The Kier molecular flexibility index (Phi) is 5.63. The summed E-state index contributed by atoms with van der Waals surface area (Å²) in [6.07, 6.45) is 0.800. The summed E-state index contributed by atoms with van der Waals surface area (Å²) < 4.78 is 11.0. The van der Waals surface area contributed by atoms with Crippen molar-refractivity contribution in [3.63, 3.8) is 0 Å². The van der Waals surface area contributed by atoms with Crippen LogP contribution in [0.5, 0.6) is 5.75 Å². The monoisotopic (exact) mass is 346 g/mol. The van der Waals surface area contributed by atoms with E-state index in [2.05, 4.69) is 21.3 Å². The third-order valence-electron chi connectivity index (χ3n) is 4.52. The van der Waals surface area contributed by atoms with Gasteiger partial charge in [-0.2, -0.15) is 0 Å². The second-order valence-electron chi connectivity index (χ2n) is 6.15. The van der Waals surface area contributed by atoms with Crippen molar-refractivity contribution in [3.8, 4) is 5.75 Å². The highest BCUT2D eigenvalue weighted by atomic mass is 16.6. The number of para-hydroxylation sites is 1. The summed E-state index contributed by atoms with van der Waals surface area (Å²) in [6.45, 7) is 5.71. The van der Waals surface area contributed by atoms with Crippen LogP contribution in [0.3, 0.4) is 0 Å². The maximum atomic E-state index is 11.8. The van der Waals surface area contributed by atoms with E-state index >= 15 is 0 Å². The van der Waals surface area contributed by atoms with Gasteiger partial charge in [-0.1, -0.05) is 18.2 Å². The van der Waals surface area contributed by atoms with Crippen LogP contribution in [-0.4, -0.2) is 74.3 Å². The SMILES string of the molecule is CCOC(=O)N1CCN(C(=NC)NCC2Cc3ccccc3O2)CC1. The fourth-order valence-electron chi connectivity index (χ4n) is 3.22. The molecule has 7 nitrogen and oxygen atoms in total. The zero-order chi connectivity index (χ0) is 17.6. The highest BCUT2D eigenvalue weighted by Gasteiger charge is 2.26. The van der Waals surface area contributed by atoms with E-state index in [4.69, 9.17) is 9.47 Å². The number of hydrogen-bond acceptors (Lipinski definition) is 4. The molecule has 0 bridgehead atoms. The van der Waals surface area contributed by atoms with Gasteiger partial charge in [-0.3, -0.25) is 4.99 Å². The first-order chi connectivity index (χ1) is 12.2. The Bertz CT molecular complexity index is 602. The van der Waals surface area contributed by atoms with Crippen molar-refractivity contribution in [1.82, 2.24) is 15.1 Å². The molecule has 1 N–H and O–H groups in total. The van der Waals surface area contributed by atoms with Crippen LogP contribution in [0.2, 0.25) is 0 Å². The lowest BCUT2D eigenvalue weighted by Crippen LogP contribution is -2.54. The van der Waals surface area contributed by atoms with E-state index in [1.165, 1.54) is 5.56 Å². The second-order valence-corrected chi connectivity index (χ2v) is 6.15. The normalized spacial score (nSPS) is 20.1. The third kappa shape index (κ3) is 4.15. The van der Waals surface area contributed by atoms with Crippen LogP contribution >= 0.6 is 0 Å². The first-order valence-corrected chi connectivity index (χ1v) is 8.83. The zero-order valence-corrected chi connectivity index (χ0v) is 14.9. The Morgan fingerprint density at radius 1 is 1.28 bits per heavy atom. The minimum Gasteiger partial charge on any atom is -0.488 e. The van der Waals surface area contributed by atoms with E-state index in [1.807, 2.05) is 25.1 Å². The number of benzene rings is 1. The molecule has 25 heavy (non-hydrogen) atoms. The highest BCUT2D eigenvalue weighted by molar-refractivity contribution is 5.80. The van der Waals surface area contributed by atoms with Crippen LogP contribution in [-0.2, 0) is 11.2 Å². The van der Waals surface area contributed by atoms with Crippen LogP contribution in [0.25, 0.3) is 0 Å². The summed E-state index contributed by atoms with van der Waals surface area (Å²) in [5, 5.41) is 3.40. The molecule has 1 saturated heterocycles. The molecule has 0 aliphatic carbocycles. The van der Waals surface area contributed by atoms with Gasteiger partial charge in [-0.05, 0) is 18.6 Å². The molecule has 0 radical (unpaired) electrons. The number of carbonyl (C=O) groups is 1. The summed E-state index contributed by atoms with van der Waals surface area (Å²) in [5.41, 5.74) is 1.26. The lowest BCUT2D eigenvalue weighted by atomic mass is 10.1. The Balaban J connectivity index is 1.46. The van der Waals surface area contributed by atoms with Crippen LogP contribution in [0.15, 0.2) is 29.3 Å². The van der Waals surface area contributed by atoms with Crippen LogP contribution in [0, 0.1) is 0 Å². The smallest absolute Gasteiger partial charge is 0.409 e. The number of carbonyl (C=O) groups excluding carboxylic acids is 1. The molecule has 2 aliphatic rings. The van der Waals surface area contributed by atoms with E-state index in [9.17, 15) is 4.79 Å². The van der Waals surface area contributed by atoms with Gasteiger partial charge in [-0.15, -0.1) is 0 Å². The van der Waals surface area contributed by atoms with Crippen molar-refractivity contribution in [1.29, 1.82) is 0 Å². The van der Waals surface area contributed by atoms with Crippen molar-refractivity contribution in [2.45, 2.75) is 19.4 Å². The molecule has 1 unspecified atom stereocenters. The van der Waals surface area contributed by atoms with E-state index in [-0.39, 0.29) is 12.2 Å². The fourth-order valence-corrected chi connectivity index (χ4v) is 3.22. The van der Waals surface area contributed by atoms with Crippen molar-refractivity contribution in [2.75, 3.05) is 46.4 Å². The van der Waals surface area contributed by atoms with Gasteiger partial charge in [0.15, 0.2) is 5.96 Å². The molecular weight excluding hydrogens is 320 g/mol. The van der Waals surface area contributed by atoms with Gasteiger partial charge in [0.05, 0.1) is 13.2 Å². The van der Waals surface area contributed by atoms with Gasteiger partial charge in [0.1, 0.15) is 11.9 Å². The Morgan fingerprint density at radius 2 is 2.00 bits per heavy atom. The van der Waals surface area contributed by atoms with Crippen molar-refractivity contribution in [3.05, 3.63) is 29.8 Å². The molecule has 1 aromatic carbocycles. The molecule has 1 atom stereocenters. The first-order valence-electron chi connectivity index (χ1n) is 8.83. The zero-order valence-electron chi connectivity index (χ0n) is 14.9. The summed E-state index contributed by atoms with van der Waals surface area (Å²) >= 11 is 0. The van der Waals surface area contributed by atoms with Gasteiger partial charge >= 0.3 is 6.09 Å². The molecule has 1 fully saturated rings. The van der Waals surface area contributed by atoms with Crippen LogP contribution < -0.4 is 10.1 Å². The number of aliphatic imine (C=N–C) groups is 1. The maximum Gasteiger partial charge on any atom is 0.409 e. The average molecular weight is 346 g/mol. The molecule has 1 amide bonds. The molecule has 2 heterocycles. The number of amides is 1. The summed E-state index contributed by atoms with van der Waals surface area (Å²) in [7, 11) is 1.78. The molecule has 7 heteroatoms. The molecular formula is C18H26N4O3. The lowest BCUT2D eigenvalue weighted by molar-refractivity contribution is 0.0913. The first kappa shape index (κ1) is 17.4. The molecule has 0 aromatic heterocycles. The van der Waals surface area contributed by atoms with Gasteiger partial charge in [0.25, 0.3) is 0 Å². The number of rotatable bonds is 3. The van der Waals surface area contributed by atoms with Gasteiger partial charge in [-0.25, -0.2) is 4.79 Å². The van der Waals surface area contributed by atoms with Crippen LogP contribution in [0.4, 0.5) is 4.79 Å². The molecule has 0 spiro atoms. The molecule has 136 valence electrons. The number of nitrogens with zero attached hydrogens (tertiary/aromatic N) is 3. The van der Waals surface area contributed by atoms with E-state index in [0.29, 0.717) is 26.2 Å². The summed E-state index contributed by atoms with van der Waals surface area (Å²) in [4.78, 5) is 20.0. The van der Waals surface area contributed by atoms with Crippen molar-refractivity contribution >= 4 is 12.1 Å². The quantitative estimate of drug-likeness (QED) is 0.661. The standard InChI is InChI=1S/C18H26N4O3/c1-3-24-18(23)22-10-8-21(9-11-22)17(19-2)20-13-15-12-14-6-4-5-7-16(14)25-15/h4-7,15H,3,8-13H2,1-2H3,(H,19,20). The molecule has 0 saturated carbocycles. The number of guanidine groups is 1. The Morgan fingerprint density at radius 3 is 2.68 bits per heavy atom. The Hall–Kier alpha value is -2.44. The number of ether oxygens (including phenoxy) is 2. The second kappa shape index (κ2) is 8.09. The number of nitrogens with one attached hydrogen (secondary N) is 1. The van der Waals surface area contributed by atoms with Gasteiger partial charge in [0.2, 0.25) is 0 Å². The average Bonchev–Trinajstić information content (AvgIpc) is 3.06. The van der Waals surface area contributed by atoms with E-state index < -0.39 is 0 Å². The number of hydrogen-bond donors (Lipinski definition) is 1. The Labute approximate surface area is 148 Å². The van der Waals surface area contributed by atoms with E-state index in [1.54, 1.807) is 11.9 Å². The minimum atomic E-state index is -0.234. The van der Waals surface area contributed by atoms with E-state index in [0.717, 1.165) is 31.2 Å². The minimum absolute atomic E-state index is 0.120. The predicted octanol–water partition coefficient (Wildman–Crippen LogP) is 1.34. The molecule has 2 aliphatic heterocycles. The van der Waals surface area contributed by atoms with Gasteiger partial charge < -0.3 is 24.6 Å². The number of fused-ring (bicyclic) bond motifs is 1.